The summed E-state index contributed by atoms with van der Waals surface area (Å²) in [6.07, 6.45) is 11.2. The molecule has 3 heteroatoms. The lowest BCUT2D eigenvalue weighted by Gasteiger charge is -2.13. The van der Waals surface area contributed by atoms with Crippen molar-refractivity contribution in [1.82, 2.24) is 0 Å². The minimum absolute atomic E-state index is 0.212. The molecule has 0 saturated carbocycles. The standard InChI is InChI=1S/C23H34O3/c1-6-7-8-12-20-15-22(25)21(23(16-20)26-19(5)24)14-13-18(4)11-9-10-17(2)3/h10,13,15-16,25H,6-9,11-12,14H2,1-5H3/b18-13+. The predicted molar refractivity (Wildman–Crippen MR) is 109 cm³/mol. The van der Waals surface area contributed by atoms with Gasteiger partial charge in [0.25, 0.3) is 0 Å². The van der Waals surface area contributed by atoms with Crippen LogP contribution in [0.2, 0.25) is 0 Å². The Morgan fingerprint density at radius 3 is 2.46 bits per heavy atom. The molecule has 0 atom stereocenters. The van der Waals surface area contributed by atoms with Gasteiger partial charge in [-0.2, -0.15) is 0 Å². The molecule has 0 unspecified atom stereocenters. The molecule has 1 aromatic rings. The molecular weight excluding hydrogens is 324 g/mol. The van der Waals surface area contributed by atoms with Gasteiger partial charge in [0.1, 0.15) is 11.5 Å². The van der Waals surface area contributed by atoms with Crippen molar-refractivity contribution >= 4 is 5.97 Å². The van der Waals surface area contributed by atoms with Crippen LogP contribution in [0.5, 0.6) is 11.5 Å². The first kappa shape index (κ1) is 22.0. The maximum Gasteiger partial charge on any atom is 0.308 e. The Balaban J connectivity index is 2.93. The Kier molecular flexibility index (Phi) is 9.79. The number of ether oxygens (including phenoxy) is 1. The number of esters is 1. The highest BCUT2D eigenvalue weighted by Crippen LogP contribution is 2.32. The van der Waals surface area contributed by atoms with Gasteiger partial charge in [0, 0.05) is 12.5 Å². The van der Waals surface area contributed by atoms with E-state index in [1.807, 2.05) is 12.1 Å². The second kappa shape index (κ2) is 11.6. The highest BCUT2D eigenvalue weighted by molar-refractivity contribution is 5.70. The largest absolute Gasteiger partial charge is 0.508 e. The number of hydrogen-bond acceptors (Lipinski definition) is 3. The summed E-state index contributed by atoms with van der Waals surface area (Å²) < 4.78 is 5.38. The van der Waals surface area contributed by atoms with Crippen molar-refractivity contribution in [3.8, 4) is 11.5 Å². The zero-order valence-electron chi connectivity index (χ0n) is 17.0. The highest BCUT2D eigenvalue weighted by Gasteiger charge is 2.13. The zero-order chi connectivity index (χ0) is 19.5. The third kappa shape index (κ3) is 8.37. The molecule has 0 aromatic heterocycles. The third-order valence-electron chi connectivity index (χ3n) is 4.31. The number of phenols is 1. The summed E-state index contributed by atoms with van der Waals surface area (Å²) >= 11 is 0. The van der Waals surface area contributed by atoms with Gasteiger partial charge in [-0.3, -0.25) is 4.79 Å². The summed E-state index contributed by atoms with van der Waals surface area (Å²) in [6.45, 7) is 9.86. The average Bonchev–Trinajstić information content (AvgIpc) is 2.53. The molecule has 0 radical (unpaired) electrons. The monoisotopic (exact) mass is 358 g/mol. The average molecular weight is 359 g/mol. The van der Waals surface area contributed by atoms with Crippen LogP contribution in [-0.4, -0.2) is 11.1 Å². The van der Waals surface area contributed by atoms with E-state index in [1.54, 1.807) is 0 Å². The van der Waals surface area contributed by atoms with E-state index < -0.39 is 0 Å². The first-order chi connectivity index (χ1) is 12.3. The topological polar surface area (TPSA) is 46.5 Å². The molecule has 0 aliphatic heterocycles. The number of allylic oxidation sites excluding steroid dienone is 4. The maximum atomic E-state index is 11.5. The van der Waals surface area contributed by atoms with Crippen molar-refractivity contribution in [2.45, 2.75) is 79.6 Å². The first-order valence-corrected chi connectivity index (χ1v) is 9.65. The van der Waals surface area contributed by atoms with Crippen LogP contribution < -0.4 is 4.74 Å². The number of aromatic hydroxyl groups is 1. The van der Waals surface area contributed by atoms with Crippen molar-refractivity contribution in [1.29, 1.82) is 0 Å². The molecule has 144 valence electrons. The number of aryl methyl sites for hydroxylation is 1. The quantitative estimate of drug-likeness (QED) is 0.231. The van der Waals surface area contributed by atoms with E-state index in [4.69, 9.17) is 4.74 Å². The first-order valence-electron chi connectivity index (χ1n) is 9.65. The van der Waals surface area contributed by atoms with Crippen LogP contribution in [0.15, 0.2) is 35.4 Å². The number of unbranched alkanes of at least 4 members (excludes halogenated alkanes) is 2. The van der Waals surface area contributed by atoms with Crippen molar-refractivity contribution in [2.75, 3.05) is 0 Å². The van der Waals surface area contributed by atoms with E-state index in [1.165, 1.54) is 18.1 Å². The van der Waals surface area contributed by atoms with Crippen LogP contribution >= 0.6 is 0 Å². The van der Waals surface area contributed by atoms with Crippen molar-refractivity contribution < 1.29 is 14.6 Å². The fourth-order valence-corrected chi connectivity index (χ4v) is 2.83. The number of benzene rings is 1. The lowest BCUT2D eigenvalue weighted by molar-refractivity contribution is -0.131. The van der Waals surface area contributed by atoms with Crippen LogP contribution in [0.25, 0.3) is 0 Å². The summed E-state index contributed by atoms with van der Waals surface area (Å²) in [5, 5.41) is 10.5. The number of carbonyl (C=O) groups excluding carboxylic acids is 1. The highest BCUT2D eigenvalue weighted by atomic mass is 16.5. The second-order valence-electron chi connectivity index (χ2n) is 7.22. The minimum Gasteiger partial charge on any atom is -0.508 e. The Morgan fingerprint density at radius 1 is 1.12 bits per heavy atom. The number of carbonyl (C=O) groups is 1. The summed E-state index contributed by atoms with van der Waals surface area (Å²) in [4.78, 5) is 11.5. The molecule has 1 rings (SSSR count). The van der Waals surface area contributed by atoms with Gasteiger partial charge in [-0.25, -0.2) is 0 Å². The lowest BCUT2D eigenvalue weighted by atomic mass is 10.00. The molecule has 26 heavy (non-hydrogen) atoms. The molecule has 0 amide bonds. The normalized spacial score (nSPS) is 11.3. The Morgan fingerprint density at radius 2 is 1.85 bits per heavy atom. The van der Waals surface area contributed by atoms with Gasteiger partial charge in [0.05, 0.1) is 0 Å². The maximum absolute atomic E-state index is 11.5. The Labute approximate surface area is 158 Å². The fourth-order valence-electron chi connectivity index (χ4n) is 2.83. The summed E-state index contributed by atoms with van der Waals surface area (Å²) in [7, 11) is 0. The fraction of sp³-hybridized carbons (Fsp3) is 0.522. The molecule has 0 bridgehead atoms. The zero-order valence-corrected chi connectivity index (χ0v) is 17.0. The van der Waals surface area contributed by atoms with Crippen molar-refractivity contribution in [3.63, 3.8) is 0 Å². The van der Waals surface area contributed by atoms with Crippen LogP contribution in [0.4, 0.5) is 0 Å². The van der Waals surface area contributed by atoms with E-state index in [2.05, 4.69) is 39.8 Å². The van der Waals surface area contributed by atoms with Gasteiger partial charge in [-0.1, -0.05) is 43.1 Å². The molecule has 0 fully saturated rings. The number of hydrogen-bond donors (Lipinski definition) is 1. The van der Waals surface area contributed by atoms with E-state index in [-0.39, 0.29) is 11.7 Å². The molecule has 1 aromatic carbocycles. The molecule has 1 N–H and O–H groups in total. The smallest absolute Gasteiger partial charge is 0.308 e. The van der Waals surface area contributed by atoms with Gasteiger partial charge in [0.15, 0.2) is 0 Å². The van der Waals surface area contributed by atoms with Gasteiger partial charge in [0.2, 0.25) is 0 Å². The minimum atomic E-state index is -0.361. The number of rotatable bonds is 10. The van der Waals surface area contributed by atoms with E-state index in [9.17, 15) is 9.90 Å². The molecule has 0 heterocycles. The molecule has 0 aliphatic carbocycles. The Bertz CT molecular complexity index is 650. The lowest BCUT2D eigenvalue weighted by Crippen LogP contribution is -2.05. The second-order valence-corrected chi connectivity index (χ2v) is 7.22. The summed E-state index contributed by atoms with van der Waals surface area (Å²) in [6, 6.07) is 3.71. The van der Waals surface area contributed by atoms with Gasteiger partial charge < -0.3 is 9.84 Å². The predicted octanol–water partition coefficient (Wildman–Crippen LogP) is 6.29. The van der Waals surface area contributed by atoms with Gasteiger partial charge in [-0.05, 0) is 70.6 Å². The van der Waals surface area contributed by atoms with Gasteiger partial charge in [-0.15, -0.1) is 0 Å². The molecule has 0 aliphatic rings. The van der Waals surface area contributed by atoms with Crippen molar-refractivity contribution in [3.05, 3.63) is 46.6 Å². The Hall–Kier alpha value is -2.03. The van der Waals surface area contributed by atoms with Crippen LogP contribution in [0, 0.1) is 0 Å². The molecule has 0 spiro atoms. The van der Waals surface area contributed by atoms with Crippen LogP contribution in [0.1, 0.15) is 77.8 Å². The number of phenolic OH excluding ortho intramolecular Hbond substituents is 1. The van der Waals surface area contributed by atoms with E-state index >= 15 is 0 Å². The molecular formula is C23H34O3. The SMILES string of the molecule is CCCCCc1cc(O)c(C/C=C(\C)CCC=C(C)C)c(OC(C)=O)c1. The molecule has 3 nitrogen and oxygen atoms in total. The third-order valence-corrected chi connectivity index (χ3v) is 4.31. The van der Waals surface area contributed by atoms with E-state index in [0.717, 1.165) is 44.1 Å². The summed E-state index contributed by atoms with van der Waals surface area (Å²) in [5.74, 6) is 0.335. The van der Waals surface area contributed by atoms with Gasteiger partial charge >= 0.3 is 5.97 Å². The van der Waals surface area contributed by atoms with Crippen LogP contribution in [-0.2, 0) is 17.6 Å². The summed E-state index contributed by atoms with van der Waals surface area (Å²) in [5.41, 5.74) is 4.29. The molecule has 0 saturated heterocycles. The van der Waals surface area contributed by atoms with E-state index in [0.29, 0.717) is 17.7 Å². The van der Waals surface area contributed by atoms with Crippen molar-refractivity contribution in [2.24, 2.45) is 0 Å². The van der Waals surface area contributed by atoms with Crippen LogP contribution in [0.3, 0.4) is 0 Å².